The van der Waals surface area contributed by atoms with Gasteiger partial charge in [-0.2, -0.15) is 13.2 Å². The van der Waals surface area contributed by atoms with Crippen LogP contribution in [-0.4, -0.2) is 76.4 Å². The lowest BCUT2D eigenvalue weighted by atomic mass is 10.1. The number of methoxy groups -OCH3 is 1. The third-order valence-corrected chi connectivity index (χ3v) is 6.59. The number of piperazine rings is 1. The van der Waals surface area contributed by atoms with Crippen LogP contribution < -0.4 is 19.9 Å². The van der Waals surface area contributed by atoms with Crippen molar-refractivity contribution in [3.8, 4) is 5.75 Å². The van der Waals surface area contributed by atoms with Crippen LogP contribution in [-0.2, 0) is 15.7 Å². The Kier molecular flexibility index (Phi) is 7.71. The predicted molar refractivity (Wildman–Crippen MR) is 129 cm³/mol. The van der Waals surface area contributed by atoms with Gasteiger partial charge in [-0.15, -0.1) is 0 Å². The zero-order chi connectivity index (χ0) is 25.0. The van der Waals surface area contributed by atoms with Crippen LogP contribution in [0.25, 0.3) is 0 Å². The summed E-state index contributed by atoms with van der Waals surface area (Å²) in [6.45, 7) is 6.64. The Morgan fingerprint density at radius 1 is 1.00 bits per heavy atom. The molecule has 2 aromatic rings. The van der Waals surface area contributed by atoms with Crippen molar-refractivity contribution in [2.45, 2.75) is 19.1 Å². The minimum atomic E-state index is -4.49. The Morgan fingerprint density at radius 3 is 2.37 bits per heavy atom. The van der Waals surface area contributed by atoms with Crippen molar-refractivity contribution in [3.63, 3.8) is 0 Å². The average molecular weight is 493 g/mol. The normalized spacial score (nSPS) is 18.3. The molecule has 0 radical (unpaired) electrons. The number of amides is 1. The molecule has 1 N–H and O–H groups in total. The summed E-state index contributed by atoms with van der Waals surface area (Å²) in [6, 6.07) is 10.9. The number of carbonyl (C=O) groups excluding carboxylic acids is 1. The third kappa shape index (κ3) is 5.99. The summed E-state index contributed by atoms with van der Waals surface area (Å²) in [4.78, 5) is 19.4. The van der Waals surface area contributed by atoms with Gasteiger partial charge in [-0.1, -0.05) is 6.07 Å². The van der Waals surface area contributed by atoms with Crippen molar-refractivity contribution in [1.29, 1.82) is 0 Å². The van der Waals surface area contributed by atoms with E-state index in [1.807, 2.05) is 34.1 Å². The molecule has 4 rings (SSSR count). The van der Waals surface area contributed by atoms with Gasteiger partial charge in [0.05, 0.1) is 43.3 Å². The minimum Gasteiger partial charge on any atom is -0.497 e. The summed E-state index contributed by atoms with van der Waals surface area (Å²) in [6.07, 6.45) is -4.49. The molecule has 1 amide bonds. The molecule has 0 aromatic heterocycles. The number of alkyl halides is 3. The number of anilines is 3. The number of rotatable bonds is 6. The molecule has 0 spiro atoms. The summed E-state index contributed by atoms with van der Waals surface area (Å²) in [7, 11) is 1.63. The van der Waals surface area contributed by atoms with E-state index in [0.717, 1.165) is 36.7 Å². The van der Waals surface area contributed by atoms with Crippen LogP contribution in [0.3, 0.4) is 0 Å². The molecule has 35 heavy (non-hydrogen) atoms. The first-order valence-electron chi connectivity index (χ1n) is 11.7. The molecule has 0 aliphatic carbocycles. The predicted octanol–water partition coefficient (Wildman–Crippen LogP) is 3.70. The Balaban J connectivity index is 1.44. The first-order valence-corrected chi connectivity index (χ1v) is 11.7. The minimum absolute atomic E-state index is 0.175. The maximum atomic E-state index is 13.4. The van der Waals surface area contributed by atoms with Crippen molar-refractivity contribution in [3.05, 3.63) is 48.0 Å². The van der Waals surface area contributed by atoms with E-state index in [2.05, 4.69) is 10.2 Å². The van der Waals surface area contributed by atoms with Crippen LogP contribution in [0.5, 0.6) is 5.75 Å². The van der Waals surface area contributed by atoms with Crippen LogP contribution in [0, 0.1) is 0 Å². The van der Waals surface area contributed by atoms with Crippen molar-refractivity contribution >= 4 is 23.0 Å². The lowest BCUT2D eigenvalue weighted by molar-refractivity contribution is -0.137. The Bertz CT molecular complexity index is 1020. The van der Waals surface area contributed by atoms with E-state index < -0.39 is 17.8 Å². The number of nitrogens with zero attached hydrogens (tertiary/aromatic N) is 3. The second kappa shape index (κ2) is 10.7. The summed E-state index contributed by atoms with van der Waals surface area (Å²) in [5.41, 5.74) is 1.02. The first kappa shape index (κ1) is 25.1. The van der Waals surface area contributed by atoms with Crippen molar-refractivity contribution in [2.75, 3.05) is 74.7 Å². The van der Waals surface area contributed by atoms with Gasteiger partial charge in [0.25, 0.3) is 0 Å². The van der Waals surface area contributed by atoms with Crippen molar-refractivity contribution < 1.29 is 27.4 Å². The molecular weight excluding hydrogens is 461 g/mol. The van der Waals surface area contributed by atoms with Crippen LogP contribution in [0.4, 0.5) is 30.2 Å². The number of benzene rings is 2. The quantitative estimate of drug-likeness (QED) is 0.664. The molecule has 2 aromatic carbocycles. The van der Waals surface area contributed by atoms with Gasteiger partial charge in [0.2, 0.25) is 5.91 Å². The second-order valence-corrected chi connectivity index (χ2v) is 8.72. The Morgan fingerprint density at radius 2 is 1.71 bits per heavy atom. The zero-order valence-corrected chi connectivity index (χ0v) is 20.0. The number of halogens is 3. The Labute approximate surface area is 203 Å². The fourth-order valence-electron chi connectivity index (χ4n) is 4.47. The Hall–Kier alpha value is -2.98. The van der Waals surface area contributed by atoms with Crippen LogP contribution in [0.2, 0.25) is 0 Å². The van der Waals surface area contributed by atoms with Crippen LogP contribution in [0.1, 0.15) is 12.5 Å². The molecule has 7 nitrogen and oxygen atoms in total. The van der Waals surface area contributed by atoms with E-state index >= 15 is 0 Å². The molecule has 0 bridgehead atoms. The summed E-state index contributed by atoms with van der Waals surface area (Å²) in [5.74, 6) is 0.462. The van der Waals surface area contributed by atoms with Gasteiger partial charge in [0.15, 0.2) is 0 Å². The highest BCUT2D eigenvalue weighted by molar-refractivity contribution is 5.97. The highest BCUT2D eigenvalue weighted by Gasteiger charge is 2.33. The molecule has 2 fully saturated rings. The van der Waals surface area contributed by atoms with Crippen LogP contribution in [0.15, 0.2) is 42.5 Å². The second-order valence-electron chi connectivity index (χ2n) is 8.72. The summed E-state index contributed by atoms with van der Waals surface area (Å²) < 4.78 is 50.8. The molecule has 1 atom stereocenters. The summed E-state index contributed by atoms with van der Waals surface area (Å²) >= 11 is 0. The molecular formula is C25H31F3N4O3. The van der Waals surface area contributed by atoms with Gasteiger partial charge < -0.3 is 24.6 Å². The molecule has 2 aliphatic rings. The molecule has 2 heterocycles. The smallest absolute Gasteiger partial charge is 0.416 e. The van der Waals surface area contributed by atoms with E-state index in [0.29, 0.717) is 45.1 Å². The van der Waals surface area contributed by atoms with E-state index in [1.165, 1.54) is 6.07 Å². The molecule has 0 saturated carbocycles. The van der Waals surface area contributed by atoms with Gasteiger partial charge in [-0.05, 0) is 37.3 Å². The number of hydrogen-bond donors (Lipinski definition) is 1. The summed E-state index contributed by atoms with van der Waals surface area (Å²) in [5, 5.41) is 2.78. The largest absolute Gasteiger partial charge is 0.497 e. The molecule has 2 aliphatic heterocycles. The molecule has 0 unspecified atom stereocenters. The molecule has 2 saturated heterocycles. The number of hydrogen-bond acceptors (Lipinski definition) is 6. The average Bonchev–Trinajstić information content (AvgIpc) is 2.88. The number of carbonyl (C=O) groups is 1. The fourth-order valence-corrected chi connectivity index (χ4v) is 4.47. The number of nitrogens with one attached hydrogen (secondary N) is 1. The lowest BCUT2D eigenvalue weighted by Crippen LogP contribution is -2.53. The van der Waals surface area contributed by atoms with Gasteiger partial charge in [-0.25, -0.2) is 0 Å². The molecule has 10 heteroatoms. The topological polar surface area (TPSA) is 57.3 Å². The van der Waals surface area contributed by atoms with Crippen molar-refractivity contribution in [1.82, 2.24) is 4.90 Å². The first-order chi connectivity index (χ1) is 16.8. The highest BCUT2D eigenvalue weighted by atomic mass is 19.4. The number of morpholine rings is 1. The van der Waals surface area contributed by atoms with E-state index in [1.54, 1.807) is 14.0 Å². The third-order valence-electron chi connectivity index (χ3n) is 6.59. The van der Waals surface area contributed by atoms with E-state index in [9.17, 15) is 18.0 Å². The van der Waals surface area contributed by atoms with Gasteiger partial charge in [-0.3, -0.25) is 9.69 Å². The maximum Gasteiger partial charge on any atom is 0.416 e. The zero-order valence-electron chi connectivity index (χ0n) is 20.0. The number of ether oxygens (including phenoxy) is 2. The highest BCUT2D eigenvalue weighted by Crippen LogP contribution is 2.36. The van der Waals surface area contributed by atoms with Gasteiger partial charge in [0.1, 0.15) is 5.75 Å². The lowest BCUT2D eigenvalue weighted by Gasteiger charge is -2.38. The van der Waals surface area contributed by atoms with Crippen molar-refractivity contribution in [2.24, 2.45) is 0 Å². The fraction of sp³-hybridized carbons (Fsp3) is 0.480. The molecule has 190 valence electrons. The van der Waals surface area contributed by atoms with Gasteiger partial charge in [0, 0.05) is 51.0 Å². The van der Waals surface area contributed by atoms with Gasteiger partial charge >= 0.3 is 6.18 Å². The maximum absolute atomic E-state index is 13.4. The monoisotopic (exact) mass is 492 g/mol. The standard InChI is InChI=1S/C25H31F3N4O3/c1-18(30-8-10-31(11-9-30)20-4-3-5-21(17-20)34-2)24(33)29-22-16-19(25(26,27)28)6-7-23(22)32-12-14-35-15-13-32/h3-7,16-18H,8-15H2,1-2H3,(H,29,33)/t18-/m0/s1. The van der Waals surface area contributed by atoms with Crippen LogP contribution >= 0.6 is 0 Å². The van der Waals surface area contributed by atoms with E-state index in [4.69, 9.17) is 9.47 Å². The van der Waals surface area contributed by atoms with E-state index in [-0.39, 0.29) is 11.6 Å². The SMILES string of the molecule is COc1cccc(N2CCN([C@@H](C)C(=O)Nc3cc(C(F)(F)F)ccc3N3CCOCC3)CC2)c1.